The maximum atomic E-state index is 13.1. The van der Waals surface area contributed by atoms with Crippen molar-refractivity contribution in [3.8, 4) is 17.2 Å². The predicted molar refractivity (Wildman–Crippen MR) is 129 cm³/mol. The van der Waals surface area contributed by atoms with Crippen LogP contribution in [0.25, 0.3) is 6.08 Å². The summed E-state index contributed by atoms with van der Waals surface area (Å²) < 4.78 is 16.1. The molecule has 10 nitrogen and oxygen atoms in total. The van der Waals surface area contributed by atoms with Gasteiger partial charge in [-0.25, -0.2) is 9.69 Å². The third-order valence-corrected chi connectivity index (χ3v) is 5.33. The average molecular weight is 485 g/mol. The number of para-hydroxylation sites is 1. The van der Waals surface area contributed by atoms with Crippen molar-refractivity contribution in [3.63, 3.8) is 0 Å². The summed E-state index contributed by atoms with van der Waals surface area (Å²) in [5.41, 5.74) is 1.20. The van der Waals surface area contributed by atoms with Gasteiger partial charge in [0, 0.05) is 11.8 Å². The number of urea groups is 1. The summed E-state index contributed by atoms with van der Waals surface area (Å²) in [5, 5.41) is 4.90. The third-order valence-electron chi connectivity index (χ3n) is 5.33. The number of rotatable bonds is 6. The van der Waals surface area contributed by atoms with Crippen molar-refractivity contribution in [1.82, 2.24) is 5.32 Å². The number of nitrogens with zero attached hydrogens (tertiary/aromatic N) is 1. The summed E-state index contributed by atoms with van der Waals surface area (Å²) in [6, 6.07) is 19.2. The van der Waals surface area contributed by atoms with Crippen molar-refractivity contribution in [2.45, 2.75) is 0 Å². The second-order valence-corrected chi connectivity index (χ2v) is 7.77. The number of carbonyl (C=O) groups is 4. The minimum atomic E-state index is -0.862. The number of benzene rings is 3. The van der Waals surface area contributed by atoms with Gasteiger partial charge in [-0.05, 0) is 48.0 Å². The minimum Gasteiger partial charge on any atom is -0.484 e. The van der Waals surface area contributed by atoms with Crippen LogP contribution in [0.2, 0.25) is 0 Å². The Bertz CT molecular complexity index is 1380. The summed E-state index contributed by atoms with van der Waals surface area (Å²) >= 11 is 0. The van der Waals surface area contributed by atoms with Gasteiger partial charge in [0.15, 0.2) is 18.1 Å². The van der Waals surface area contributed by atoms with Crippen LogP contribution in [-0.4, -0.2) is 37.2 Å². The molecule has 5 amide bonds. The van der Waals surface area contributed by atoms with E-state index < -0.39 is 17.8 Å². The monoisotopic (exact) mass is 485 g/mol. The molecule has 1 fully saturated rings. The van der Waals surface area contributed by atoms with E-state index in [9.17, 15) is 19.2 Å². The van der Waals surface area contributed by atoms with Gasteiger partial charge in [0.05, 0.1) is 5.69 Å². The molecule has 2 N–H and O–H groups in total. The van der Waals surface area contributed by atoms with Crippen LogP contribution in [0, 0.1) is 0 Å². The van der Waals surface area contributed by atoms with Crippen LogP contribution in [0.1, 0.15) is 5.56 Å². The topological polar surface area (TPSA) is 123 Å². The maximum Gasteiger partial charge on any atom is 0.335 e. The lowest BCUT2D eigenvalue weighted by atomic mass is 10.1. The highest BCUT2D eigenvalue weighted by Gasteiger charge is 2.37. The van der Waals surface area contributed by atoms with Crippen LogP contribution in [0.4, 0.5) is 16.2 Å². The minimum absolute atomic E-state index is 0.0416. The lowest BCUT2D eigenvalue weighted by Crippen LogP contribution is -2.54. The van der Waals surface area contributed by atoms with Crippen LogP contribution in [-0.2, 0) is 14.4 Å². The molecule has 3 aromatic carbocycles. The van der Waals surface area contributed by atoms with Gasteiger partial charge in [0.1, 0.15) is 11.3 Å². The molecule has 2 heterocycles. The Morgan fingerprint density at radius 2 is 1.72 bits per heavy atom. The fourth-order valence-electron chi connectivity index (χ4n) is 3.61. The number of nitrogens with one attached hydrogen (secondary N) is 2. The van der Waals surface area contributed by atoms with Crippen molar-refractivity contribution in [3.05, 3.63) is 83.9 Å². The van der Waals surface area contributed by atoms with E-state index in [2.05, 4.69) is 10.6 Å². The molecule has 5 rings (SSSR count). The average Bonchev–Trinajstić information content (AvgIpc) is 3.35. The third kappa shape index (κ3) is 4.73. The molecule has 0 spiro atoms. The van der Waals surface area contributed by atoms with E-state index in [0.717, 1.165) is 4.90 Å². The highest BCUT2D eigenvalue weighted by atomic mass is 16.7. The Morgan fingerprint density at radius 1 is 0.972 bits per heavy atom. The molecule has 0 bridgehead atoms. The molecule has 0 atom stereocenters. The van der Waals surface area contributed by atoms with E-state index in [1.54, 1.807) is 42.5 Å². The van der Waals surface area contributed by atoms with Crippen molar-refractivity contribution in [2.24, 2.45) is 0 Å². The molecule has 10 heteroatoms. The molecular weight excluding hydrogens is 466 g/mol. The van der Waals surface area contributed by atoms with E-state index >= 15 is 0 Å². The van der Waals surface area contributed by atoms with Crippen LogP contribution in [0.3, 0.4) is 0 Å². The van der Waals surface area contributed by atoms with Crippen molar-refractivity contribution in [1.29, 1.82) is 0 Å². The summed E-state index contributed by atoms with van der Waals surface area (Å²) in [6.45, 7) is -0.150. The van der Waals surface area contributed by atoms with Gasteiger partial charge in [-0.3, -0.25) is 19.7 Å². The van der Waals surface area contributed by atoms with Crippen molar-refractivity contribution < 1.29 is 33.4 Å². The maximum absolute atomic E-state index is 13.1. The number of fused-ring (bicyclic) bond motifs is 1. The van der Waals surface area contributed by atoms with Gasteiger partial charge < -0.3 is 19.5 Å². The Morgan fingerprint density at radius 3 is 2.50 bits per heavy atom. The highest BCUT2D eigenvalue weighted by Crippen LogP contribution is 2.36. The summed E-state index contributed by atoms with van der Waals surface area (Å²) in [7, 11) is 0. The van der Waals surface area contributed by atoms with Gasteiger partial charge in [0.2, 0.25) is 6.79 Å². The largest absolute Gasteiger partial charge is 0.484 e. The lowest BCUT2D eigenvalue weighted by Gasteiger charge is -2.26. The number of amides is 5. The molecule has 0 aromatic heterocycles. The van der Waals surface area contributed by atoms with Gasteiger partial charge in [-0.2, -0.15) is 0 Å². The Hall–Kier alpha value is -5.12. The second-order valence-electron chi connectivity index (χ2n) is 7.77. The second kappa shape index (κ2) is 9.63. The molecule has 1 saturated heterocycles. The zero-order valence-corrected chi connectivity index (χ0v) is 18.7. The Balaban J connectivity index is 1.27. The van der Waals surface area contributed by atoms with E-state index in [0.29, 0.717) is 28.5 Å². The van der Waals surface area contributed by atoms with E-state index in [1.807, 2.05) is 18.2 Å². The number of imide groups is 2. The summed E-state index contributed by atoms with van der Waals surface area (Å²) in [5.74, 6) is -0.582. The molecule has 0 unspecified atom stereocenters. The zero-order valence-electron chi connectivity index (χ0n) is 18.7. The molecular formula is C26H19N3O7. The predicted octanol–water partition coefficient (Wildman–Crippen LogP) is 3.10. The number of hydrogen-bond donors (Lipinski definition) is 2. The molecule has 2 aliphatic heterocycles. The SMILES string of the molecule is O=C(COc1ccc(/C=C2\C(=O)NC(=O)N(c3ccc4c(c3)OCO4)C2=O)cc1)Nc1ccccc1. The highest BCUT2D eigenvalue weighted by molar-refractivity contribution is 6.39. The number of ether oxygens (including phenoxy) is 3. The van der Waals surface area contributed by atoms with Crippen LogP contribution < -0.4 is 29.7 Å². The first-order valence-corrected chi connectivity index (χ1v) is 10.9. The summed E-state index contributed by atoms with van der Waals surface area (Å²) in [4.78, 5) is 50.8. The van der Waals surface area contributed by atoms with Gasteiger partial charge in [-0.15, -0.1) is 0 Å². The molecule has 0 saturated carbocycles. The smallest absolute Gasteiger partial charge is 0.335 e. The summed E-state index contributed by atoms with van der Waals surface area (Å²) in [6.07, 6.45) is 1.37. The van der Waals surface area contributed by atoms with Gasteiger partial charge >= 0.3 is 6.03 Å². The zero-order chi connectivity index (χ0) is 25.1. The van der Waals surface area contributed by atoms with Crippen LogP contribution in [0.15, 0.2) is 78.4 Å². The molecule has 180 valence electrons. The number of barbiturate groups is 1. The van der Waals surface area contributed by atoms with Gasteiger partial charge in [0.25, 0.3) is 17.7 Å². The number of hydrogen-bond acceptors (Lipinski definition) is 7. The van der Waals surface area contributed by atoms with Crippen molar-refractivity contribution >= 4 is 41.2 Å². The van der Waals surface area contributed by atoms with E-state index in [4.69, 9.17) is 14.2 Å². The van der Waals surface area contributed by atoms with Crippen LogP contribution >= 0.6 is 0 Å². The van der Waals surface area contributed by atoms with Gasteiger partial charge in [-0.1, -0.05) is 30.3 Å². The normalized spacial score (nSPS) is 15.6. The first kappa shape index (κ1) is 22.7. The molecule has 3 aromatic rings. The first-order valence-electron chi connectivity index (χ1n) is 10.9. The Kier molecular flexibility index (Phi) is 6.06. The van der Waals surface area contributed by atoms with E-state index in [-0.39, 0.29) is 30.6 Å². The van der Waals surface area contributed by atoms with Crippen molar-refractivity contribution in [2.75, 3.05) is 23.6 Å². The first-order chi connectivity index (χ1) is 17.5. The molecule has 2 aliphatic rings. The molecule has 36 heavy (non-hydrogen) atoms. The molecule has 0 aliphatic carbocycles. The molecule has 0 radical (unpaired) electrons. The van der Waals surface area contributed by atoms with Crippen LogP contribution in [0.5, 0.6) is 17.2 Å². The van der Waals surface area contributed by atoms with E-state index in [1.165, 1.54) is 18.2 Å². The Labute approximate surface area is 205 Å². The quantitative estimate of drug-likeness (QED) is 0.406. The standard InChI is InChI=1S/C26H19N3O7/c30-23(27-17-4-2-1-3-5-17)14-34-19-9-6-16(7-10-19)12-20-24(31)28-26(33)29(25(20)32)18-8-11-21-22(13-18)36-15-35-21/h1-13H,14-15H2,(H,27,30)(H,28,31,33)/b20-12+. The fraction of sp³-hybridized carbons (Fsp3) is 0.0769. The number of anilines is 2. The number of carbonyl (C=O) groups excluding carboxylic acids is 4. The fourth-order valence-corrected chi connectivity index (χ4v) is 3.61. The lowest BCUT2D eigenvalue weighted by molar-refractivity contribution is -0.122.